The summed E-state index contributed by atoms with van der Waals surface area (Å²) >= 11 is 1.82. The van der Waals surface area contributed by atoms with Crippen LogP contribution in [0.25, 0.3) is 10.9 Å². The predicted octanol–water partition coefficient (Wildman–Crippen LogP) is 4.06. The molecule has 0 bridgehead atoms. The number of benzene rings is 2. The number of H-pyrrole nitrogens is 1. The van der Waals surface area contributed by atoms with Gasteiger partial charge in [-0.1, -0.05) is 24.3 Å². The number of amides is 1. The first-order valence-corrected chi connectivity index (χ1v) is 9.70. The highest BCUT2D eigenvalue weighted by Crippen LogP contribution is 2.42. The number of fused-ring (bicyclic) bond motifs is 2. The topological polar surface area (TPSA) is 54.6 Å². The molecule has 1 aromatic heterocycles. The number of hydrogen-bond acceptors (Lipinski definition) is 4. The van der Waals surface area contributed by atoms with Crippen molar-refractivity contribution in [3.05, 3.63) is 59.8 Å². The van der Waals surface area contributed by atoms with Crippen LogP contribution in [0.3, 0.4) is 0 Å². The summed E-state index contributed by atoms with van der Waals surface area (Å²) in [4.78, 5) is 18.0. The first-order chi connectivity index (χ1) is 12.8. The van der Waals surface area contributed by atoms with Crippen LogP contribution in [-0.4, -0.2) is 28.3 Å². The first kappa shape index (κ1) is 15.6. The Kier molecular flexibility index (Phi) is 3.78. The quantitative estimate of drug-likeness (QED) is 0.759. The molecule has 3 heterocycles. The second kappa shape index (κ2) is 6.29. The van der Waals surface area contributed by atoms with E-state index < -0.39 is 0 Å². The Morgan fingerprint density at radius 1 is 1.15 bits per heavy atom. The number of nitrogens with one attached hydrogen (secondary N) is 1. The Labute approximate surface area is 155 Å². The Hall–Kier alpha value is -2.60. The largest absolute Gasteiger partial charge is 0.454 e. The molecule has 1 atom stereocenters. The summed E-state index contributed by atoms with van der Waals surface area (Å²) in [5.74, 6) is 2.56. The summed E-state index contributed by atoms with van der Waals surface area (Å²) in [6.45, 7) is 0.821. The fourth-order valence-electron chi connectivity index (χ4n) is 3.59. The number of para-hydroxylation sites is 1. The van der Waals surface area contributed by atoms with Crippen molar-refractivity contribution >= 4 is 28.6 Å². The average Bonchev–Trinajstić information content (AvgIpc) is 3.30. The van der Waals surface area contributed by atoms with Crippen molar-refractivity contribution in [1.82, 2.24) is 9.88 Å². The molecule has 1 unspecified atom stereocenters. The maximum Gasteiger partial charge on any atom is 0.231 e. The van der Waals surface area contributed by atoms with Gasteiger partial charge in [0.15, 0.2) is 11.5 Å². The van der Waals surface area contributed by atoms with E-state index in [9.17, 15) is 4.79 Å². The van der Waals surface area contributed by atoms with Gasteiger partial charge in [0.25, 0.3) is 0 Å². The van der Waals surface area contributed by atoms with Crippen LogP contribution in [0.4, 0.5) is 0 Å². The van der Waals surface area contributed by atoms with Gasteiger partial charge >= 0.3 is 0 Å². The first-order valence-electron chi connectivity index (χ1n) is 8.65. The zero-order valence-electron chi connectivity index (χ0n) is 14.1. The molecule has 1 N–H and O–H groups in total. The van der Waals surface area contributed by atoms with E-state index in [1.165, 1.54) is 10.9 Å². The molecule has 0 aliphatic carbocycles. The highest BCUT2D eigenvalue weighted by atomic mass is 32.2. The average molecular weight is 366 g/mol. The summed E-state index contributed by atoms with van der Waals surface area (Å²) in [7, 11) is 0. The maximum atomic E-state index is 12.7. The maximum absolute atomic E-state index is 12.7. The monoisotopic (exact) mass is 366 g/mol. The minimum atomic E-state index is 0.0119. The molecule has 1 saturated heterocycles. The van der Waals surface area contributed by atoms with Crippen LogP contribution in [0.2, 0.25) is 0 Å². The van der Waals surface area contributed by atoms with E-state index in [2.05, 4.69) is 17.1 Å². The Morgan fingerprint density at radius 3 is 3.00 bits per heavy atom. The van der Waals surface area contributed by atoms with Gasteiger partial charge in [0, 0.05) is 41.4 Å². The Bertz CT molecular complexity index is 984. The van der Waals surface area contributed by atoms with Crippen molar-refractivity contribution in [2.24, 2.45) is 0 Å². The molecular formula is C20H18N2O3S. The third-order valence-corrected chi connectivity index (χ3v) is 6.14. The van der Waals surface area contributed by atoms with E-state index in [1.54, 1.807) is 0 Å². The van der Waals surface area contributed by atoms with Gasteiger partial charge in [-0.25, -0.2) is 0 Å². The van der Waals surface area contributed by atoms with E-state index in [4.69, 9.17) is 9.47 Å². The van der Waals surface area contributed by atoms with Gasteiger partial charge < -0.3 is 19.4 Å². The SMILES string of the molecule is O=C1CCSC(c2c[nH]c3ccccc23)N1Cc1ccc2c(c1)OCO2. The van der Waals surface area contributed by atoms with E-state index in [0.29, 0.717) is 13.0 Å². The fourth-order valence-corrected chi connectivity index (χ4v) is 4.85. The van der Waals surface area contributed by atoms with Crippen molar-refractivity contribution in [3.63, 3.8) is 0 Å². The molecule has 2 aliphatic heterocycles. The van der Waals surface area contributed by atoms with Crippen molar-refractivity contribution in [1.29, 1.82) is 0 Å². The summed E-state index contributed by atoms with van der Waals surface area (Å²) < 4.78 is 10.9. The van der Waals surface area contributed by atoms with Crippen molar-refractivity contribution in [2.45, 2.75) is 18.3 Å². The Morgan fingerprint density at radius 2 is 2.04 bits per heavy atom. The molecule has 0 spiro atoms. The molecule has 132 valence electrons. The van der Waals surface area contributed by atoms with E-state index >= 15 is 0 Å². The molecule has 5 rings (SSSR count). The van der Waals surface area contributed by atoms with Crippen LogP contribution < -0.4 is 9.47 Å². The molecule has 26 heavy (non-hydrogen) atoms. The van der Waals surface area contributed by atoms with Crippen LogP contribution >= 0.6 is 11.8 Å². The van der Waals surface area contributed by atoms with Crippen molar-refractivity contribution < 1.29 is 14.3 Å². The summed E-state index contributed by atoms with van der Waals surface area (Å²) in [5.41, 5.74) is 3.32. The van der Waals surface area contributed by atoms with Crippen molar-refractivity contribution in [2.75, 3.05) is 12.5 Å². The van der Waals surface area contributed by atoms with Crippen LogP contribution in [0.15, 0.2) is 48.7 Å². The van der Waals surface area contributed by atoms with Gasteiger partial charge in [-0.15, -0.1) is 11.8 Å². The number of carbonyl (C=O) groups excluding carboxylic acids is 1. The van der Waals surface area contributed by atoms with Crippen LogP contribution in [0.5, 0.6) is 11.5 Å². The van der Waals surface area contributed by atoms with Crippen LogP contribution in [0.1, 0.15) is 22.9 Å². The third-order valence-electron chi connectivity index (χ3n) is 4.87. The minimum Gasteiger partial charge on any atom is -0.454 e. The molecule has 1 amide bonds. The lowest BCUT2D eigenvalue weighted by atomic mass is 10.1. The number of nitrogens with zero attached hydrogens (tertiary/aromatic N) is 1. The van der Waals surface area contributed by atoms with Gasteiger partial charge in [0.05, 0.1) is 0 Å². The van der Waals surface area contributed by atoms with Gasteiger partial charge in [-0.05, 0) is 23.8 Å². The molecule has 0 radical (unpaired) electrons. The highest BCUT2D eigenvalue weighted by molar-refractivity contribution is 7.99. The number of ether oxygens (including phenoxy) is 2. The molecule has 5 nitrogen and oxygen atoms in total. The molecular weight excluding hydrogens is 348 g/mol. The molecule has 2 aliphatic rings. The Balaban J connectivity index is 1.49. The van der Waals surface area contributed by atoms with Crippen molar-refractivity contribution in [3.8, 4) is 11.5 Å². The van der Waals surface area contributed by atoms with E-state index in [1.807, 2.05) is 53.2 Å². The summed E-state index contributed by atoms with van der Waals surface area (Å²) in [6, 6.07) is 14.1. The fraction of sp³-hybridized carbons (Fsp3) is 0.250. The third kappa shape index (κ3) is 2.61. The number of rotatable bonds is 3. The number of hydrogen-bond donors (Lipinski definition) is 1. The van der Waals surface area contributed by atoms with Crippen LogP contribution in [-0.2, 0) is 11.3 Å². The lowest BCUT2D eigenvalue weighted by Crippen LogP contribution is -2.36. The predicted molar refractivity (Wildman–Crippen MR) is 101 cm³/mol. The van der Waals surface area contributed by atoms with Gasteiger partial charge in [0.1, 0.15) is 5.37 Å². The number of aromatic amines is 1. The lowest BCUT2D eigenvalue weighted by Gasteiger charge is -2.35. The molecule has 2 aromatic carbocycles. The summed E-state index contributed by atoms with van der Waals surface area (Å²) in [5, 5.41) is 1.19. The molecule has 3 aromatic rings. The zero-order valence-corrected chi connectivity index (χ0v) is 14.9. The normalized spacial score (nSPS) is 19.3. The van der Waals surface area contributed by atoms with Crippen LogP contribution in [0, 0.1) is 0 Å². The standard InChI is InChI=1S/C20H18N2O3S/c23-19-7-8-26-20(15-10-21-16-4-2-1-3-14(15)16)22(19)11-13-5-6-17-18(9-13)25-12-24-17/h1-6,9-10,20-21H,7-8,11-12H2. The molecule has 1 fully saturated rings. The highest BCUT2D eigenvalue weighted by Gasteiger charge is 2.31. The summed E-state index contributed by atoms with van der Waals surface area (Å²) in [6.07, 6.45) is 2.61. The number of thioether (sulfide) groups is 1. The van der Waals surface area contributed by atoms with Gasteiger partial charge in [-0.2, -0.15) is 0 Å². The minimum absolute atomic E-state index is 0.0119. The second-order valence-corrected chi connectivity index (χ2v) is 7.66. The smallest absolute Gasteiger partial charge is 0.231 e. The second-order valence-electron chi connectivity index (χ2n) is 6.47. The van der Waals surface area contributed by atoms with E-state index in [-0.39, 0.29) is 18.1 Å². The van der Waals surface area contributed by atoms with Gasteiger partial charge in [0.2, 0.25) is 12.7 Å². The number of carbonyl (C=O) groups is 1. The van der Waals surface area contributed by atoms with Gasteiger partial charge in [-0.3, -0.25) is 4.79 Å². The number of aromatic nitrogens is 1. The molecule has 0 saturated carbocycles. The molecule has 6 heteroatoms. The zero-order chi connectivity index (χ0) is 17.5. The lowest BCUT2D eigenvalue weighted by molar-refractivity contribution is -0.132. The van der Waals surface area contributed by atoms with E-state index in [0.717, 1.165) is 28.3 Å².